The third-order valence-electron chi connectivity index (χ3n) is 1.98. The Kier molecular flexibility index (Phi) is 6.89. The van der Waals surface area contributed by atoms with Crippen molar-refractivity contribution in [3.05, 3.63) is 11.3 Å². The lowest BCUT2D eigenvalue weighted by molar-refractivity contribution is -0.138. The zero-order chi connectivity index (χ0) is 11.0. The van der Waals surface area contributed by atoms with E-state index in [1.807, 2.05) is 13.8 Å². The van der Waals surface area contributed by atoms with Crippen LogP contribution in [0.5, 0.6) is 0 Å². The summed E-state index contributed by atoms with van der Waals surface area (Å²) in [5.74, 6) is -0.215. The molecule has 0 aromatic carbocycles. The van der Waals surface area contributed by atoms with Crippen molar-refractivity contribution in [1.29, 1.82) is 0 Å². The minimum absolute atomic E-state index is 0.215. The number of hydrogen-bond acceptors (Lipinski definition) is 3. The first kappa shape index (κ1) is 13.0. The summed E-state index contributed by atoms with van der Waals surface area (Å²) < 4.78 is 4.93. The van der Waals surface area contributed by atoms with Crippen molar-refractivity contribution in [2.45, 2.75) is 40.5 Å². The number of carbonyl (C=O) groups is 1. The molecule has 0 amide bonds. The highest BCUT2D eigenvalue weighted by molar-refractivity contribution is 5.88. The topological polar surface area (TPSA) is 38.3 Å². The van der Waals surface area contributed by atoms with E-state index in [4.69, 9.17) is 4.74 Å². The fourth-order valence-electron chi connectivity index (χ4n) is 1.16. The SMILES string of the molecule is CCCNC(CC)=C(C)C(=O)OCC. The fourth-order valence-corrected chi connectivity index (χ4v) is 1.16. The Morgan fingerprint density at radius 3 is 2.36 bits per heavy atom. The lowest BCUT2D eigenvalue weighted by Crippen LogP contribution is -2.19. The molecule has 0 radical (unpaired) electrons. The number of ether oxygens (including phenoxy) is 1. The predicted octanol–water partition coefficient (Wildman–Crippen LogP) is 2.23. The summed E-state index contributed by atoms with van der Waals surface area (Å²) in [6, 6.07) is 0. The van der Waals surface area contributed by atoms with Crippen LogP contribution in [0.15, 0.2) is 11.3 Å². The molecule has 0 rings (SSSR count). The molecule has 0 aliphatic heterocycles. The van der Waals surface area contributed by atoms with E-state index in [0.29, 0.717) is 12.2 Å². The van der Waals surface area contributed by atoms with Gasteiger partial charge in [0.25, 0.3) is 0 Å². The first-order valence-electron chi connectivity index (χ1n) is 5.28. The van der Waals surface area contributed by atoms with Crippen molar-refractivity contribution >= 4 is 5.97 Å². The molecule has 0 spiro atoms. The minimum atomic E-state index is -0.215. The van der Waals surface area contributed by atoms with Gasteiger partial charge >= 0.3 is 5.97 Å². The van der Waals surface area contributed by atoms with Gasteiger partial charge in [0.15, 0.2) is 0 Å². The largest absolute Gasteiger partial charge is 0.463 e. The first-order valence-corrected chi connectivity index (χ1v) is 5.28. The van der Waals surface area contributed by atoms with Crippen LogP contribution in [0.4, 0.5) is 0 Å². The average Bonchev–Trinajstić information content (AvgIpc) is 2.19. The van der Waals surface area contributed by atoms with E-state index in [9.17, 15) is 4.79 Å². The number of carbonyl (C=O) groups excluding carboxylic acids is 1. The molecule has 0 aliphatic rings. The molecule has 1 N–H and O–H groups in total. The summed E-state index contributed by atoms with van der Waals surface area (Å²) in [6.45, 7) is 9.08. The zero-order valence-electron chi connectivity index (χ0n) is 9.64. The Morgan fingerprint density at radius 1 is 1.29 bits per heavy atom. The minimum Gasteiger partial charge on any atom is -0.463 e. The number of allylic oxidation sites excluding steroid dienone is 1. The Bertz CT molecular complexity index is 209. The second-order valence-corrected chi connectivity index (χ2v) is 3.10. The molecule has 0 aromatic heterocycles. The summed E-state index contributed by atoms with van der Waals surface area (Å²) in [4.78, 5) is 11.4. The van der Waals surface area contributed by atoms with Gasteiger partial charge in [-0.25, -0.2) is 4.79 Å². The van der Waals surface area contributed by atoms with Crippen LogP contribution < -0.4 is 5.32 Å². The summed E-state index contributed by atoms with van der Waals surface area (Å²) in [6.07, 6.45) is 1.89. The highest BCUT2D eigenvalue weighted by atomic mass is 16.5. The normalized spacial score (nSPS) is 12.0. The van der Waals surface area contributed by atoms with E-state index in [0.717, 1.165) is 25.1 Å². The van der Waals surface area contributed by atoms with Gasteiger partial charge in [-0.1, -0.05) is 13.8 Å². The number of rotatable bonds is 6. The number of esters is 1. The van der Waals surface area contributed by atoms with E-state index < -0.39 is 0 Å². The van der Waals surface area contributed by atoms with Gasteiger partial charge in [0.1, 0.15) is 0 Å². The van der Waals surface area contributed by atoms with Crippen molar-refractivity contribution in [1.82, 2.24) is 5.32 Å². The van der Waals surface area contributed by atoms with E-state index in [1.54, 1.807) is 6.92 Å². The van der Waals surface area contributed by atoms with E-state index in [2.05, 4.69) is 12.2 Å². The van der Waals surface area contributed by atoms with Crippen molar-refractivity contribution in [3.8, 4) is 0 Å². The van der Waals surface area contributed by atoms with Gasteiger partial charge in [-0.2, -0.15) is 0 Å². The Morgan fingerprint density at radius 2 is 1.93 bits per heavy atom. The van der Waals surface area contributed by atoms with E-state index in [-0.39, 0.29) is 5.97 Å². The van der Waals surface area contributed by atoms with Gasteiger partial charge in [0.05, 0.1) is 12.2 Å². The quantitative estimate of drug-likeness (QED) is 0.526. The van der Waals surface area contributed by atoms with Crippen LogP contribution in [0.3, 0.4) is 0 Å². The highest BCUT2D eigenvalue weighted by Gasteiger charge is 2.09. The Labute approximate surface area is 86.5 Å². The smallest absolute Gasteiger partial charge is 0.335 e. The third kappa shape index (κ3) is 4.30. The van der Waals surface area contributed by atoms with Gasteiger partial charge < -0.3 is 10.1 Å². The van der Waals surface area contributed by atoms with Gasteiger partial charge in [-0.3, -0.25) is 0 Å². The van der Waals surface area contributed by atoms with Gasteiger partial charge in [0.2, 0.25) is 0 Å². The van der Waals surface area contributed by atoms with E-state index in [1.165, 1.54) is 0 Å². The molecule has 0 unspecified atom stereocenters. The maximum atomic E-state index is 11.4. The maximum Gasteiger partial charge on any atom is 0.335 e. The molecule has 0 aliphatic carbocycles. The molecule has 0 heterocycles. The van der Waals surface area contributed by atoms with Crippen LogP contribution in [0.1, 0.15) is 40.5 Å². The highest BCUT2D eigenvalue weighted by Crippen LogP contribution is 2.07. The molecule has 14 heavy (non-hydrogen) atoms. The lowest BCUT2D eigenvalue weighted by atomic mass is 10.2. The number of nitrogens with one attached hydrogen (secondary N) is 1. The van der Waals surface area contributed by atoms with Crippen LogP contribution in [0.2, 0.25) is 0 Å². The molecule has 3 heteroatoms. The molecule has 0 saturated carbocycles. The maximum absolute atomic E-state index is 11.4. The lowest BCUT2D eigenvalue weighted by Gasteiger charge is -2.11. The molecular weight excluding hydrogens is 178 g/mol. The van der Waals surface area contributed by atoms with Crippen molar-refractivity contribution in [2.24, 2.45) is 0 Å². The average molecular weight is 199 g/mol. The first-order chi connectivity index (χ1) is 6.67. The summed E-state index contributed by atoms with van der Waals surface area (Å²) >= 11 is 0. The molecular formula is C11H21NO2. The number of hydrogen-bond donors (Lipinski definition) is 1. The molecule has 0 aromatic rings. The zero-order valence-corrected chi connectivity index (χ0v) is 9.64. The molecule has 0 atom stereocenters. The second-order valence-electron chi connectivity index (χ2n) is 3.10. The van der Waals surface area contributed by atoms with Crippen molar-refractivity contribution < 1.29 is 9.53 Å². The second kappa shape index (κ2) is 7.42. The van der Waals surface area contributed by atoms with Gasteiger partial charge in [0, 0.05) is 12.2 Å². The molecule has 0 fully saturated rings. The Hall–Kier alpha value is -0.990. The molecule has 82 valence electrons. The van der Waals surface area contributed by atoms with Crippen molar-refractivity contribution in [2.75, 3.05) is 13.2 Å². The summed E-state index contributed by atoms with van der Waals surface area (Å²) in [7, 11) is 0. The summed E-state index contributed by atoms with van der Waals surface area (Å²) in [5.41, 5.74) is 1.69. The van der Waals surface area contributed by atoms with Crippen molar-refractivity contribution in [3.63, 3.8) is 0 Å². The van der Waals surface area contributed by atoms with Crippen LogP contribution in [0, 0.1) is 0 Å². The van der Waals surface area contributed by atoms with Crippen LogP contribution in [0.25, 0.3) is 0 Å². The standard InChI is InChI=1S/C11H21NO2/c1-5-8-12-10(6-2)9(4)11(13)14-7-3/h12H,5-8H2,1-4H3. The summed E-state index contributed by atoms with van der Waals surface area (Å²) in [5, 5.41) is 3.24. The van der Waals surface area contributed by atoms with E-state index >= 15 is 0 Å². The molecule has 0 saturated heterocycles. The molecule has 0 bridgehead atoms. The fraction of sp³-hybridized carbons (Fsp3) is 0.727. The van der Waals surface area contributed by atoms with Crippen LogP contribution in [-0.4, -0.2) is 19.1 Å². The molecule has 3 nitrogen and oxygen atoms in total. The van der Waals surface area contributed by atoms with Gasteiger partial charge in [-0.15, -0.1) is 0 Å². The van der Waals surface area contributed by atoms with Crippen LogP contribution >= 0.6 is 0 Å². The third-order valence-corrected chi connectivity index (χ3v) is 1.98. The monoisotopic (exact) mass is 199 g/mol. The van der Waals surface area contributed by atoms with Crippen LogP contribution in [-0.2, 0) is 9.53 Å². The Balaban J connectivity index is 4.39. The van der Waals surface area contributed by atoms with Gasteiger partial charge in [-0.05, 0) is 26.7 Å². The predicted molar refractivity (Wildman–Crippen MR) is 57.9 cm³/mol.